The van der Waals surface area contributed by atoms with Crippen LogP contribution in [0, 0.1) is 5.92 Å². The molecule has 4 rings (SSSR count). The number of benzene rings is 2. The smallest absolute Gasteiger partial charge is 0.341 e. The summed E-state index contributed by atoms with van der Waals surface area (Å²) in [6.45, 7) is 2.05. The molecule has 2 unspecified atom stereocenters. The number of ether oxygens (including phenoxy) is 2. The summed E-state index contributed by atoms with van der Waals surface area (Å²) in [5.41, 5.74) is 3.23. The van der Waals surface area contributed by atoms with E-state index < -0.39 is 5.97 Å². The lowest BCUT2D eigenvalue weighted by molar-refractivity contribution is -0.117. The zero-order valence-corrected chi connectivity index (χ0v) is 17.7. The van der Waals surface area contributed by atoms with Gasteiger partial charge in [0.2, 0.25) is 5.91 Å². The van der Waals surface area contributed by atoms with Gasteiger partial charge < -0.3 is 14.8 Å². The predicted molar refractivity (Wildman–Crippen MR) is 118 cm³/mol. The normalized spacial score (nSPS) is 17.3. The maximum atomic E-state index is 12.9. The van der Waals surface area contributed by atoms with Crippen LogP contribution in [0.4, 0.5) is 5.00 Å². The zero-order chi connectivity index (χ0) is 21.1. The molecule has 1 aromatic heterocycles. The summed E-state index contributed by atoms with van der Waals surface area (Å²) in [5, 5.41) is 5.41. The van der Waals surface area contributed by atoms with Crippen LogP contribution in [0.5, 0.6) is 5.75 Å². The standard InChI is InChI=1S/C24H23NO4S/c1-3-29-24(27)21-20(15-7-5-4-6-8-15)14-30-23(21)25-22(26)19-13-18(19)16-9-11-17(28-2)12-10-16/h4-12,14,18-19H,3,13H2,1-2H3,(H,25,26). The molecule has 2 aromatic carbocycles. The minimum Gasteiger partial charge on any atom is -0.497 e. The molecule has 6 heteroatoms. The summed E-state index contributed by atoms with van der Waals surface area (Å²) in [5.74, 6) is 0.399. The Labute approximate surface area is 179 Å². The maximum Gasteiger partial charge on any atom is 0.341 e. The van der Waals surface area contributed by atoms with E-state index in [-0.39, 0.29) is 24.3 Å². The fourth-order valence-corrected chi connectivity index (χ4v) is 4.56. The first-order chi connectivity index (χ1) is 14.6. The molecule has 3 aromatic rings. The van der Waals surface area contributed by atoms with Crippen molar-refractivity contribution in [3.8, 4) is 16.9 Å². The van der Waals surface area contributed by atoms with Gasteiger partial charge in [0, 0.05) is 16.9 Å². The topological polar surface area (TPSA) is 64.6 Å². The van der Waals surface area contributed by atoms with E-state index in [1.54, 1.807) is 14.0 Å². The highest BCUT2D eigenvalue weighted by Crippen LogP contribution is 2.49. The Bertz CT molecular complexity index is 1040. The lowest BCUT2D eigenvalue weighted by Gasteiger charge is -2.09. The van der Waals surface area contributed by atoms with E-state index in [9.17, 15) is 9.59 Å². The third kappa shape index (κ3) is 4.09. The average molecular weight is 422 g/mol. The number of amides is 1. The molecule has 1 saturated carbocycles. The van der Waals surface area contributed by atoms with Crippen molar-refractivity contribution < 1.29 is 19.1 Å². The van der Waals surface area contributed by atoms with E-state index in [1.165, 1.54) is 11.3 Å². The van der Waals surface area contributed by atoms with Crippen molar-refractivity contribution in [3.05, 3.63) is 71.1 Å². The molecule has 1 heterocycles. The number of hydrogen-bond acceptors (Lipinski definition) is 5. The summed E-state index contributed by atoms with van der Waals surface area (Å²) in [7, 11) is 1.63. The first kappa shape index (κ1) is 20.2. The minimum atomic E-state index is -0.421. The quantitative estimate of drug-likeness (QED) is 0.523. The number of anilines is 1. The molecular weight excluding hydrogens is 398 g/mol. The van der Waals surface area contributed by atoms with Crippen LogP contribution in [0.3, 0.4) is 0 Å². The lowest BCUT2D eigenvalue weighted by atomic mass is 10.0. The van der Waals surface area contributed by atoms with Crippen LogP contribution in [0.15, 0.2) is 60.0 Å². The van der Waals surface area contributed by atoms with Crippen molar-refractivity contribution in [2.45, 2.75) is 19.3 Å². The van der Waals surface area contributed by atoms with Gasteiger partial charge in [0.25, 0.3) is 0 Å². The molecule has 0 radical (unpaired) electrons. The van der Waals surface area contributed by atoms with Gasteiger partial charge in [-0.05, 0) is 42.5 Å². The van der Waals surface area contributed by atoms with E-state index in [0.717, 1.165) is 28.9 Å². The summed E-state index contributed by atoms with van der Waals surface area (Å²) in [6, 6.07) is 17.5. The zero-order valence-electron chi connectivity index (χ0n) is 16.9. The van der Waals surface area contributed by atoms with E-state index in [0.29, 0.717) is 10.6 Å². The molecule has 1 amide bonds. The molecule has 1 N–H and O–H groups in total. The number of nitrogens with one attached hydrogen (secondary N) is 1. The Morgan fingerprint density at radius 3 is 2.50 bits per heavy atom. The van der Waals surface area contributed by atoms with Crippen molar-refractivity contribution in [1.82, 2.24) is 0 Å². The summed E-state index contributed by atoms with van der Waals surface area (Å²) < 4.78 is 10.5. The van der Waals surface area contributed by atoms with Crippen LogP contribution in [0.1, 0.15) is 35.2 Å². The van der Waals surface area contributed by atoms with E-state index in [4.69, 9.17) is 9.47 Å². The van der Waals surface area contributed by atoms with Crippen LogP contribution in [-0.4, -0.2) is 25.6 Å². The molecule has 1 aliphatic carbocycles. The number of carbonyl (C=O) groups excluding carboxylic acids is 2. The molecule has 30 heavy (non-hydrogen) atoms. The second-order valence-corrected chi connectivity index (χ2v) is 8.03. The van der Waals surface area contributed by atoms with Gasteiger partial charge in [-0.25, -0.2) is 4.79 Å². The molecule has 2 atom stereocenters. The SMILES string of the molecule is CCOC(=O)c1c(-c2ccccc2)csc1NC(=O)C1CC1c1ccc(OC)cc1. The van der Waals surface area contributed by atoms with Gasteiger partial charge in [0.05, 0.1) is 13.7 Å². The Kier molecular flexibility index (Phi) is 5.86. The van der Waals surface area contributed by atoms with Crippen molar-refractivity contribution >= 4 is 28.2 Å². The Balaban J connectivity index is 1.53. The molecule has 154 valence electrons. The molecule has 1 fully saturated rings. The van der Waals surface area contributed by atoms with E-state index in [2.05, 4.69) is 5.32 Å². The number of rotatable bonds is 7. The van der Waals surface area contributed by atoms with Gasteiger partial charge in [0.1, 0.15) is 16.3 Å². The third-order valence-electron chi connectivity index (χ3n) is 5.26. The highest BCUT2D eigenvalue weighted by atomic mass is 32.1. The summed E-state index contributed by atoms with van der Waals surface area (Å²) in [6.07, 6.45) is 0.795. The Morgan fingerprint density at radius 1 is 1.10 bits per heavy atom. The third-order valence-corrected chi connectivity index (χ3v) is 6.16. The van der Waals surface area contributed by atoms with Gasteiger partial charge in [-0.3, -0.25) is 4.79 Å². The molecule has 0 aliphatic heterocycles. The fraction of sp³-hybridized carbons (Fsp3) is 0.250. The highest BCUT2D eigenvalue weighted by molar-refractivity contribution is 7.15. The minimum absolute atomic E-state index is 0.0668. The molecule has 5 nitrogen and oxygen atoms in total. The number of esters is 1. The molecule has 1 aliphatic rings. The molecule has 0 bridgehead atoms. The Hall–Kier alpha value is -3.12. The van der Waals surface area contributed by atoms with Gasteiger partial charge in [-0.2, -0.15) is 0 Å². The average Bonchev–Trinajstić information content (AvgIpc) is 3.48. The number of hydrogen-bond donors (Lipinski definition) is 1. The fourth-order valence-electron chi connectivity index (χ4n) is 3.59. The molecule has 0 spiro atoms. The maximum absolute atomic E-state index is 12.9. The van der Waals surface area contributed by atoms with Crippen LogP contribution in [-0.2, 0) is 9.53 Å². The second kappa shape index (κ2) is 8.71. The van der Waals surface area contributed by atoms with Gasteiger partial charge in [-0.15, -0.1) is 11.3 Å². The van der Waals surface area contributed by atoms with Crippen molar-refractivity contribution in [2.24, 2.45) is 5.92 Å². The molecular formula is C24H23NO4S. The van der Waals surface area contributed by atoms with Crippen LogP contribution >= 0.6 is 11.3 Å². The number of carbonyl (C=O) groups is 2. The van der Waals surface area contributed by atoms with Crippen LogP contribution in [0.25, 0.3) is 11.1 Å². The van der Waals surface area contributed by atoms with E-state index in [1.807, 2.05) is 60.0 Å². The monoisotopic (exact) mass is 421 g/mol. The van der Waals surface area contributed by atoms with Crippen molar-refractivity contribution in [1.29, 1.82) is 0 Å². The first-order valence-electron chi connectivity index (χ1n) is 9.91. The van der Waals surface area contributed by atoms with Crippen LogP contribution in [0.2, 0.25) is 0 Å². The summed E-state index contributed by atoms with van der Waals surface area (Å²) in [4.78, 5) is 25.5. The Morgan fingerprint density at radius 2 is 1.83 bits per heavy atom. The number of methoxy groups -OCH3 is 1. The lowest BCUT2D eigenvalue weighted by Crippen LogP contribution is -2.16. The van der Waals surface area contributed by atoms with Crippen molar-refractivity contribution in [2.75, 3.05) is 19.0 Å². The predicted octanol–water partition coefficient (Wildman–Crippen LogP) is 5.34. The highest BCUT2D eigenvalue weighted by Gasteiger charge is 2.44. The van der Waals surface area contributed by atoms with E-state index >= 15 is 0 Å². The van der Waals surface area contributed by atoms with Gasteiger partial charge in [0.15, 0.2) is 0 Å². The largest absolute Gasteiger partial charge is 0.497 e. The van der Waals surface area contributed by atoms with Crippen molar-refractivity contribution in [3.63, 3.8) is 0 Å². The molecule has 0 saturated heterocycles. The second-order valence-electron chi connectivity index (χ2n) is 7.15. The first-order valence-corrected chi connectivity index (χ1v) is 10.8. The van der Waals surface area contributed by atoms with Crippen LogP contribution < -0.4 is 10.1 Å². The van der Waals surface area contributed by atoms with Gasteiger partial charge >= 0.3 is 5.97 Å². The summed E-state index contributed by atoms with van der Waals surface area (Å²) >= 11 is 1.35. The van der Waals surface area contributed by atoms with Gasteiger partial charge in [-0.1, -0.05) is 42.5 Å². The number of thiophene rings is 1.